The lowest BCUT2D eigenvalue weighted by atomic mass is 10.0. The first-order chi connectivity index (χ1) is 6.78. The average molecular weight is 199 g/mol. The number of aliphatic hydroxyl groups excluding tert-OH is 1. The monoisotopic (exact) mass is 199 g/mol. The van der Waals surface area contributed by atoms with Gasteiger partial charge in [0.2, 0.25) is 0 Å². The Labute approximate surface area is 86.0 Å². The maximum Gasteiger partial charge on any atom is 0.0595 e. The molecule has 0 bridgehead atoms. The van der Waals surface area contributed by atoms with Crippen molar-refractivity contribution in [2.75, 3.05) is 33.4 Å². The van der Waals surface area contributed by atoms with E-state index in [1.165, 1.54) is 12.8 Å². The van der Waals surface area contributed by atoms with E-state index >= 15 is 0 Å². The first-order valence-corrected chi connectivity index (χ1v) is 5.64. The van der Waals surface area contributed by atoms with Crippen LogP contribution in [0.3, 0.4) is 0 Å². The van der Waals surface area contributed by atoms with E-state index in [0.717, 1.165) is 32.5 Å². The highest BCUT2D eigenvalue weighted by Gasteiger charge is 2.43. The summed E-state index contributed by atoms with van der Waals surface area (Å²) in [5.41, 5.74) is 0.278. The zero-order chi connectivity index (χ0) is 10.0. The Morgan fingerprint density at radius 1 is 1.36 bits per heavy atom. The molecule has 0 aromatic rings. The Bertz CT molecular complexity index is 184. The van der Waals surface area contributed by atoms with E-state index in [1.807, 2.05) is 0 Å². The molecule has 82 valence electrons. The van der Waals surface area contributed by atoms with Crippen LogP contribution in [0.5, 0.6) is 0 Å². The number of piperidine rings is 1. The van der Waals surface area contributed by atoms with Crippen LogP contribution in [-0.4, -0.2) is 49.5 Å². The van der Waals surface area contributed by atoms with Crippen LogP contribution < -0.4 is 0 Å². The summed E-state index contributed by atoms with van der Waals surface area (Å²) in [6.07, 6.45) is 5.20. The molecule has 1 N–H and O–H groups in total. The van der Waals surface area contributed by atoms with E-state index < -0.39 is 0 Å². The van der Waals surface area contributed by atoms with Gasteiger partial charge in [-0.25, -0.2) is 0 Å². The number of nitrogens with zero attached hydrogens (tertiary/aromatic N) is 1. The summed E-state index contributed by atoms with van der Waals surface area (Å²) in [4.78, 5) is 2.48. The predicted molar refractivity (Wildman–Crippen MR) is 55.2 cm³/mol. The fourth-order valence-corrected chi connectivity index (χ4v) is 2.32. The van der Waals surface area contributed by atoms with Crippen molar-refractivity contribution in [1.82, 2.24) is 4.90 Å². The maximum absolute atomic E-state index is 9.23. The third kappa shape index (κ3) is 2.27. The number of aliphatic hydroxyl groups is 1. The minimum Gasteiger partial charge on any atom is -0.396 e. The van der Waals surface area contributed by atoms with Crippen molar-refractivity contribution in [2.24, 2.45) is 5.41 Å². The summed E-state index contributed by atoms with van der Waals surface area (Å²) in [7, 11) is 1.80. The molecule has 2 rings (SSSR count). The molecular weight excluding hydrogens is 178 g/mol. The molecule has 2 fully saturated rings. The summed E-state index contributed by atoms with van der Waals surface area (Å²) in [6.45, 7) is 3.75. The van der Waals surface area contributed by atoms with Crippen molar-refractivity contribution in [2.45, 2.75) is 31.8 Å². The van der Waals surface area contributed by atoms with E-state index in [-0.39, 0.29) is 5.41 Å². The summed E-state index contributed by atoms with van der Waals surface area (Å²) >= 11 is 0. The highest BCUT2D eigenvalue weighted by molar-refractivity contribution is 4.95. The molecule has 1 aliphatic carbocycles. The number of hydrogen-bond acceptors (Lipinski definition) is 3. The number of rotatable bonds is 4. The fraction of sp³-hybridized carbons (Fsp3) is 1.00. The second-order valence-corrected chi connectivity index (χ2v) is 4.87. The van der Waals surface area contributed by atoms with Crippen LogP contribution in [-0.2, 0) is 4.74 Å². The van der Waals surface area contributed by atoms with E-state index in [4.69, 9.17) is 4.74 Å². The van der Waals surface area contributed by atoms with Gasteiger partial charge in [0, 0.05) is 38.8 Å². The molecule has 3 heteroatoms. The molecule has 14 heavy (non-hydrogen) atoms. The number of methoxy groups -OCH3 is 1. The first-order valence-electron chi connectivity index (χ1n) is 5.64. The third-order valence-corrected chi connectivity index (χ3v) is 3.72. The number of ether oxygens (including phenoxy) is 1. The van der Waals surface area contributed by atoms with Crippen molar-refractivity contribution in [3.63, 3.8) is 0 Å². The van der Waals surface area contributed by atoms with Crippen LogP contribution in [0.1, 0.15) is 25.7 Å². The van der Waals surface area contributed by atoms with Crippen LogP contribution in [0, 0.1) is 5.41 Å². The summed E-state index contributed by atoms with van der Waals surface area (Å²) in [6, 6.07) is 0. The molecule has 0 amide bonds. The van der Waals surface area contributed by atoms with Gasteiger partial charge in [0.15, 0.2) is 0 Å². The van der Waals surface area contributed by atoms with Crippen LogP contribution in [0.15, 0.2) is 0 Å². The lowest BCUT2D eigenvalue weighted by molar-refractivity contribution is 0.0306. The van der Waals surface area contributed by atoms with Crippen molar-refractivity contribution < 1.29 is 9.84 Å². The molecule has 0 spiro atoms. The maximum atomic E-state index is 9.23. The van der Waals surface area contributed by atoms with Gasteiger partial charge >= 0.3 is 0 Å². The van der Waals surface area contributed by atoms with E-state index in [9.17, 15) is 5.11 Å². The Hall–Kier alpha value is -0.120. The quantitative estimate of drug-likeness (QED) is 0.729. The third-order valence-electron chi connectivity index (χ3n) is 3.72. The molecule has 0 radical (unpaired) electrons. The standard InChI is InChI=1S/C11H21NO2/c1-14-10-2-6-12(7-3-10)8-11(9-13)4-5-11/h10,13H,2-9H2,1H3. The normalized spacial score (nSPS) is 27.9. The molecule has 3 nitrogen and oxygen atoms in total. The fourth-order valence-electron chi connectivity index (χ4n) is 2.32. The summed E-state index contributed by atoms with van der Waals surface area (Å²) < 4.78 is 5.34. The van der Waals surface area contributed by atoms with Gasteiger partial charge in [-0.2, -0.15) is 0 Å². The predicted octanol–water partition coefficient (Wildman–Crippen LogP) is 0.870. The molecule has 0 aromatic heterocycles. The summed E-state index contributed by atoms with van der Waals surface area (Å²) in [5.74, 6) is 0. The van der Waals surface area contributed by atoms with Gasteiger partial charge in [0.25, 0.3) is 0 Å². The second-order valence-electron chi connectivity index (χ2n) is 4.87. The molecule has 0 unspecified atom stereocenters. The Morgan fingerprint density at radius 3 is 2.43 bits per heavy atom. The van der Waals surface area contributed by atoms with E-state index in [2.05, 4.69) is 4.90 Å². The lowest BCUT2D eigenvalue weighted by Gasteiger charge is -2.33. The van der Waals surface area contributed by atoms with Crippen LogP contribution >= 0.6 is 0 Å². The highest BCUT2D eigenvalue weighted by Crippen LogP contribution is 2.45. The molecule has 1 saturated carbocycles. The molecule has 0 atom stereocenters. The number of likely N-dealkylation sites (tertiary alicyclic amines) is 1. The topological polar surface area (TPSA) is 32.7 Å². The molecule has 1 aliphatic heterocycles. The number of hydrogen-bond donors (Lipinski definition) is 1. The van der Waals surface area contributed by atoms with Crippen LogP contribution in [0.2, 0.25) is 0 Å². The summed E-state index contributed by atoms with van der Waals surface area (Å²) in [5, 5.41) is 9.23. The first kappa shape index (κ1) is 10.4. The van der Waals surface area contributed by atoms with Gasteiger partial charge in [-0.1, -0.05) is 0 Å². The van der Waals surface area contributed by atoms with Gasteiger partial charge in [-0.05, 0) is 25.7 Å². The second kappa shape index (κ2) is 4.17. The smallest absolute Gasteiger partial charge is 0.0595 e. The molecule has 1 saturated heterocycles. The SMILES string of the molecule is COC1CCN(CC2(CO)CC2)CC1. The Kier molecular flexibility index (Phi) is 3.10. The Balaban J connectivity index is 1.73. The van der Waals surface area contributed by atoms with Crippen molar-refractivity contribution in [1.29, 1.82) is 0 Å². The minimum absolute atomic E-state index is 0.278. The van der Waals surface area contributed by atoms with Crippen molar-refractivity contribution in [3.8, 4) is 0 Å². The van der Waals surface area contributed by atoms with Crippen molar-refractivity contribution in [3.05, 3.63) is 0 Å². The molecule has 2 aliphatic rings. The minimum atomic E-state index is 0.278. The lowest BCUT2D eigenvalue weighted by Crippen LogP contribution is -2.40. The van der Waals surface area contributed by atoms with Crippen LogP contribution in [0.4, 0.5) is 0 Å². The zero-order valence-electron chi connectivity index (χ0n) is 9.04. The van der Waals surface area contributed by atoms with Crippen molar-refractivity contribution >= 4 is 0 Å². The van der Waals surface area contributed by atoms with Crippen LogP contribution in [0.25, 0.3) is 0 Å². The van der Waals surface area contributed by atoms with Gasteiger partial charge in [-0.3, -0.25) is 0 Å². The molecular formula is C11H21NO2. The Morgan fingerprint density at radius 2 is 2.00 bits per heavy atom. The zero-order valence-corrected chi connectivity index (χ0v) is 9.04. The molecule has 1 heterocycles. The van der Waals surface area contributed by atoms with E-state index in [0.29, 0.717) is 12.7 Å². The van der Waals surface area contributed by atoms with Gasteiger partial charge in [0.1, 0.15) is 0 Å². The highest BCUT2D eigenvalue weighted by atomic mass is 16.5. The van der Waals surface area contributed by atoms with Gasteiger partial charge in [0.05, 0.1) is 6.10 Å². The largest absolute Gasteiger partial charge is 0.396 e. The van der Waals surface area contributed by atoms with Gasteiger partial charge < -0.3 is 14.7 Å². The van der Waals surface area contributed by atoms with Gasteiger partial charge in [-0.15, -0.1) is 0 Å². The molecule has 0 aromatic carbocycles. The van der Waals surface area contributed by atoms with E-state index in [1.54, 1.807) is 7.11 Å². The average Bonchev–Trinajstić information content (AvgIpc) is 3.00.